The van der Waals surface area contributed by atoms with Crippen molar-refractivity contribution < 1.29 is 9.13 Å². The molecule has 0 saturated heterocycles. The van der Waals surface area contributed by atoms with Crippen LogP contribution in [0.1, 0.15) is 25.2 Å². The fourth-order valence-corrected chi connectivity index (χ4v) is 2.42. The minimum atomic E-state index is -0.317. The van der Waals surface area contributed by atoms with Gasteiger partial charge in [0.15, 0.2) is 0 Å². The van der Waals surface area contributed by atoms with Gasteiger partial charge in [-0.1, -0.05) is 6.07 Å². The van der Waals surface area contributed by atoms with Gasteiger partial charge in [0.2, 0.25) is 0 Å². The van der Waals surface area contributed by atoms with E-state index in [1.807, 2.05) is 13.8 Å². The number of ether oxygens (including phenoxy) is 1. The molecule has 0 bridgehead atoms. The highest BCUT2D eigenvalue weighted by Crippen LogP contribution is 2.32. The average Bonchev–Trinajstić information content (AvgIpc) is 2.81. The maximum absolute atomic E-state index is 14.2. The second-order valence-corrected chi connectivity index (χ2v) is 5.22. The number of halogens is 3. The van der Waals surface area contributed by atoms with Crippen LogP contribution in [-0.2, 0) is 13.0 Å². The molecule has 7 heteroatoms. The second kappa shape index (κ2) is 7.81. The summed E-state index contributed by atoms with van der Waals surface area (Å²) in [5, 5.41) is 3.27. The van der Waals surface area contributed by atoms with Gasteiger partial charge in [-0.25, -0.2) is 9.37 Å². The highest BCUT2D eigenvalue weighted by Gasteiger charge is 2.20. The molecule has 0 unspecified atom stereocenters. The Hall–Kier alpha value is -1.30. The number of aromatic amines is 1. The summed E-state index contributed by atoms with van der Waals surface area (Å²) in [5.41, 5.74) is 2.46. The Kier molecular flexibility index (Phi) is 6.66. The van der Waals surface area contributed by atoms with E-state index in [9.17, 15) is 4.39 Å². The molecule has 3 rings (SSSR count). The number of rotatable bonds is 3. The van der Waals surface area contributed by atoms with Crippen molar-refractivity contribution in [1.82, 2.24) is 15.3 Å². The number of H-pyrrole nitrogens is 1. The Labute approximate surface area is 141 Å². The number of hydrogen-bond acceptors (Lipinski definition) is 3. The molecule has 2 heterocycles. The van der Waals surface area contributed by atoms with Crippen LogP contribution in [-0.4, -0.2) is 22.6 Å². The number of imidazole rings is 1. The zero-order chi connectivity index (χ0) is 14.1. The van der Waals surface area contributed by atoms with E-state index >= 15 is 0 Å². The van der Waals surface area contributed by atoms with E-state index in [4.69, 9.17) is 4.74 Å². The molecule has 0 spiro atoms. The molecule has 0 atom stereocenters. The van der Waals surface area contributed by atoms with E-state index in [1.165, 1.54) is 6.07 Å². The number of aromatic nitrogens is 2. The van der Waals surface area contributed by atoms with Crippen LogP contribution < -0.4 is 10.1 Å². The minimum Gasteiger partial charge on any atom is -0.490 e. The fourth-order valence-electron chi connectivity index (χ4n) is 2.42. The Balaban J connectivity index is 0.00000121. The van der Waals surface area contributed by atoms with Gasteiger partial charge >= 0.3 is 0 Å². The molecule has 1 aromatic heterocycles. The third-order valence-corrected chi connectivity index (χ3v) is 3.28. The largest absolute Gasteiger partial charge is 0.490 e. The van der Waals surface area contributed by atoms with Gasteiger partial charge in [-0.3, -0.25) is 0 Å². The monoisotopic (exact) mass is 347 g/mol. The third kappa shape index (κ3) is 3.72. The number of benzene rings is 1. The van der Waals surface area contributed by atoms with Crippen molar-refractivity contribution in [3.63, 3.8) is 0 Å². The summed E-state index contributed by atoms with van der Waals surface area (Å²) in [6, 6.07) is 4.86. The van der Waals surface area contributed by atoms with Crippen LogP contribution in [0.3, 0.4) is 0 Å². The molecular formula is C15H20Cl2FN3O. The first-order chi connectivity index (χ1) is 9.65. The number of nitrogens with zero attached hydrogens (tertiary/aromatic N) is 1. The molecule has 1 aliphatic rings. The SMILES string of the molecule is CC(C)Oc1cccc(F)c1-c1nc2c([nH]1)CNCC2.Cl.Cl. The molecule has 0 radical (unpaired) electrons. The van der Waals surface area contributed by atoms with Gasteiger partial charge < -0.3 is 15.0 Å². The normalized spacial score (nSPS) is 13.1. The van der Waals surface area contributed by atoms with Gasteiger partial charge in [0.1, 0.15) is 17.4 Å². The van der Waals surface area contributed by atoms with Crippen LogP contribution in [0.4, 0.5) is 4.39 Å². The topological polar surface area (TPSA) is 49.9 Å². The molecule has 0 aliphatic carbocycles. The number of hydrogen-bond donors (Lipinski definition) is 2. The van der Waals surface area contributed by atoms with E-state index < -0.39 is 0 Å². The molecule has 0 saturated carbocycles. The summed E-state index contributed by atoms with van der Waals surface area (Å²) in [6.07, 6.45) is 0.850. The summed E-state index contributed by atoms with van der Waals surface area (Å²) in [5.74, 6) is 0.758. The summed E-state index contributed by atoms with van der Waals surface area (Å²) in [7, 11) is 0. The summed E-state index contributed by atoms with van der Waals surface area (Å²) >= 11 is 0. The molecule has 0 amide bonds. The maximum Gasteiger partial charge on any atom is 0.144 e. The van der Waals surface area contributed by atoms with Crippen LogP contribution in [0.15, 0.2) is 18.2 Å². The van der Waals surface area contributed by atoms with Gasteiger partial charge in [-0.15, -0.1) is 24.8 Å². The van der Waals surface area contributed by atoms with Crippen LogP contribution in [0.2, 0.25) is 0 Å². The zero-order valence-corrected chi connectivity index (χ0v) is 14.1. The van der Waals surface area contributed by atoms with E-state index in [1.54, 1.807) is 12.1 Å². The van der Waals surface area contributed by atoms with Crippen molar-refractivity contribution in [3.8, 4) is 17.1 Å². The first-order valence-electron chi connectivity index (χ1n) is 6.89. The third-order valence-electron chi connectivity index (χ3n) is 3.28. The van der Waals surface area contributed by atoms with E-state index in [0.29, 0.717) is 17.1 Å². The predicted molar refractivity (Wildman–Crippen MR) is 89.7 cm³/mol. The summed E-state index contributed by atoms with van der Waals surface area (Å²) in [6.45, 7) is 5.50. The van der Waals surface area contributed by atoms with Crippen molar-refractivity contribution in [3.05, 3.63) is 35.4 Å². The minimum absolute atomic E-state index is 0. The molecule has 4 nitrogen and oxygen atoms in total. The van der Waals surface area contributed by atoms with E-state index in [2.05, 4.69) is 15.3 Å². The van der Waals surface area contributed by atoms with Gasteiger partial charge in [0.05, 0.1) is 23.1 Å². The second-order valence-electron chi connectivity index (χ2n) is 5.22. The Bertz CT molecular complexity index is 608. The standard InChI is InChI=1S/C15H18FN3O.2ClH/c1-9(2)20-13-5-3-4-10(16)14(13)15-18-11-6-7-17-8-12(11)19-15;;/h3-5,9,17H,6-8H2,1-2H3,(H,18,19);2*1H. The van der Waals surface area contributed by atoms with Crippen LogP contribution >= 0.6 is 24.8 Å². The lowest BCUT2D eigenvalue weighted by atomic mass is 10.1. The van der Waals surface area contributed by atoms with Crippen LogP contribution in [0.5, 0.6) is 5.75 Å². The molecular weight excluding hydrogens is 328 g/mol. The van der Waals surface area contributed by atoms with Crippen molar-refractivity contribution in [1.29, 1.82) is 0 Å². The molecule has 22 heavy (non-hydrogen) atoms. The lowest BCUT2D eigenvalue weighted by molar-refractivity contribution is 0.242. The average molecular weight is 348 g/mol. The van der Waals surface area contributed by atoms with Gasteiger partial charge in [-0.05, 0) is 26.0 Å². The zero-order valence-electron chi connectivity index (χ0n) is 12.5. The molecule has 2 N–H and O–H groups in total. The van der Waals surface area contributed by atoms with E-state index in [-0.39, 0.29) is 36.7 Å². The van der Waals surface area contributed by atoms with Gasteiger partial charge in [-0.2, -0.15) is 0 Å². The lowest BCUT2D eigenvalue weighted by Gasteiger charge is -2.13. The quantitative estimate of drug-likeness (QED) is 0.893. The fraction of sp³-hybridized carbons (Fsp3) is 0.400. The maximum atomic E-state index is 14.2. The van der Waals surface area contributed by atoms with Gasteiger partial charge in [0, 0.05) is 19.5 Å². The smallest absolute Gasteiger partial charge is 0.144 e. The highest BCUT2D eigenvalue weighted by molar-refractivity contribution is 5.85. The lowest BCUT2D eigenvalue weighted by Crippen LogP contribution is -2.23. The number of nitrogens with one attached hydrogen (secondary N) is 2. The Morgan fingerprint density at radius 2 is 2.05 bits per heavy atom. The van der Waals surface area contributed by atoms with E-state index in [0.717, 1.165) is 30.9 Å². The van der Waals surface area contributed by atoms with Crippen molar-refractivity contribution >= 4 is 24.8 Å². The van der Waals surface area contributed by atoms with Crippen LogP contribution in [0.25, 0.3) is 11.4 Å². The molecule has 1 aromatic carbocycles. The molecule has 1 aliphatic heterocycles. The predicted octanol–water partition coefficient (Wildman–Crippen LogP) is 3.49. The number of fused-ring (bicyclic) bond motifs is 1. The van der Waals surface area contributed by atoms with Gasteiger partial charge in [0.25, 0.3) is 0 Å². The molecule has 2 aromatic rings. The van der Waals surface area contributed by atoms with Crippen molar-refractivity contribution in [2.24, 2.45) is 0 Å². The molecule has 122 valence electrons. The highest BCUT2D eigenvalue weighted by atomic mass is 35.5. The summed E-state index contributed by atoms with van der Waals surface area (Å²) in [4.78, 5) is 7.75. The summed E-state index contributed by atoms with van der Waals surface area (Å²) < 4.78 is 19.9. The van der Waals surface area contributed by atoms with Crippen molar-refractivity contribution in [2.45, 2.75) is 32.9 Å². The first kappa shape index (κ1) is 18.7. The molecule has 0 fully saturated rings. The van der Waals surface area contributed by atoms with Crippen molar-refractivity contribution in [2.75, 3.05) is 6.54 Å². The first-order valence-corrected chi connectivity index (χ1v) is 6.89. The van der Waals surface area contributed by atoms with Crippen LogP contribution in [0, 0.1) is 5.82 Å². The Morgan fingerprint density at radius 3 is 2.73 bits per heavy atom. The Morgan fingerprint density at radius 1 is 1.27 bits per heavy atom.